The highest BCUT2D eigenvalue weighted by molar-refractivity contribution is 7.89. The highest BCUT2D eigenvalue weighted by Crippen LogP contribution is 2.38. The molecule has 3 nitrogen and oxygen atoms in total. The van der Waals surface area contributed by atoms with E-state index in [1.54, 1.807) is 15.6 Å². The van der Waals surface area contributed by atoms with Crippen molar-refractivity contribution in [2.24, 2.45) is 0 Å². The van der Waals surface area contributed by atoms with Crippen LogP contribution in [0.3, 0.4) is 0 Å². The maximum absolute atomic E-state index is 13.4. The molecule has 1 saturated heterocycles. The van der Waals surface area contributed by atoms with Gasteiger partial charge in [0.2, 0.25) is 10.0 Å². The Morgan fingerprint density at radius 2 is 1.83 bits per heavy atom. The second kappa shape index (κ2) is 6.98. The molecule has 1 atom stereocenters. The number of sulfonamides is 1. The largest absolute Gasteiger partial charge is 0.243 e. The molecule has 1 fully saturated rings. The topological polar surface area (TPSA) is 37.4 Å². The van der Waals surface area contributed by atoms with Crippen LogP contribution in [-0.2, 0) is 10.0 Å². The van der Waals surface area contributed by atoms with Gasteiger partial charge in [0.1, 0.15) is 0 Å². The lowest BCUT2D eigenvalue weighted by Gasteiger charge is -2.29. The van der Waals surface area contributed by atoms with E-state index in [4.69, 9.17) is 0 Å². The SMILES string of the molecule is Cc1ccc(C)c(S(=O)(=O)N2CCCCCC2c2ccc(C)s2)c1. The first kappa shape index (κ1) is 17.6. The lowest BCUT2D eigenvalue weighted by atomic mass is 10.1. The number of aryl methyl sites for hydroxylation is 3. The van der Waals surface area contributed by atoms with Crippen molar-refractivity contribution in [1.29, 1.82) is 0 Å². The third-order valence-corrected chi connectivity index (χ3v) is 7.88. The molecule has 1 aliphatic heterocycles. The Bertz CT molecular complexity index is 824. The van der Waals surface area contributed by atoms with E-state index in [1.807, 2.05) is 32.0 Å². The molecule has 24 heavy (non-hydrogen) atoms. The average molecular weight is 364 g/mol. The van der Waals surface area contributed by atoms with Gasteiger partial charge in [0.15, 0.2) is 0 Å². The quantitative estimate of drug-likeness (QED) is 0.771. The Labute approximate surface area is 149 Å². The second-order valence-electron chi connectivity index (χ2n) is 6.70. The molecule has 0 N–H and O–H groups in total. The van der Waals surface area contributed by atoms with Gasteiger partial charge in [0, 0.05) is 16.3 Å². The molecule has 130 valence electrons. The van der Waals surface area contributed by atoms with Gasteiger partial charge in [0.05, 0.1) is 10.9 Å². The van der Waals surface area contributed by atoms with Gasteiger partial charge in [-0.15, -0.1) is 11.3 Å². The van der Waals surface area contributed by atoms with Crippen molar-refractivity contribution >= 4 is 21.4 Å². The Balaban J connectivity index is 2.06. The molecule has 0 amide bonds. The summed E-state index contributed by atoms with van der Waals surface area (Å²) in [6, 6.07) is 9.85. The summed E-state index contributed by atoms with van der Waals surface area (Å²) in [5, 5.41) is 0. The summed E-state index contributed by atoms with van der Waals surface area (Å²) in [4.78, 5) is 2.87. The number of thiophene rings is 1. The minimum atomic E-state index is -3.49. The number of hydrogen-bond donors (Lipinski definition) is 0. The van der Waals surface area contributed by atoms with Gasteiger partial charge in [-0.3, -0.25) is 0 Å². The van der Waals surface area contributed by atoms with Gasteiger partial charge in [0.25, 0.3) is 0 Å². The Kier molecular flexibility index (Phi) is 5.13. The van der Waals surface area contributed by atoms with Crippen molar-refractivity contribution in [3.8, 4) is 0 Å². The lowest BCUT2D eigenvalue weighted by Crippen LogP contribution is -2.35. The zero-order valence-corrected chi connectivity index (χ0v) is 16.2. The molecule has 1 aromatic carbocycles. The summed E-state index contributed by atoms with van der Waals surface area (Å²) in [6.07, 6.45) is 4.02. The molecule has 0 saturated carbocycles. The Hall–Kier alpha value is -1.17. The first-order chi connectivity index (χ1) is 11.4. The fourth-order valence-corrected chi connectivity index (χ4v) is 6.48. The predicted molar refractivity (Wildman–Crippen MR) is 100 cm³/mol. The van der Waals surface area contributed by atoms with Crippen LogP contribution in [0.1, 0.15) is 52.6 Å². The summed E-state index contributed by atoms with van der Waals surface area (Å²) in [5.41, 5.74) is 1.81. The highest BCUT2D eigenvalue weighted by Gasteiger charge is 2.34. The summed E-state index contributed by atoms with van der Waals surface area (Å²) in [6.45, 7) is 6.52. The third kappa shape index (κ3) is 3.44. The van der Waals surface area contributed by atoms with Gasteiger partial charge in [-0.05, 0) is 62.9 Å². The molecule has 1 unspecified atom stereocenters. The maximum Gasteiger partial charge on any atom is 0.243 e. The number of benzene rings is 1. The molecular weight excluding hydrogens is 338 g/mol. The van der Waals surface area contributed by atoms with Gasteiger partial charge in [-0.1, -0.05) is 25.0 Å². The van der Waals surface area contributed by atoms with Crippen molar-refractivity contribution < 1.29 is 8.42 Å². The Morgan fingerprint density at radius 1 is 1.04 bits per heavy atom. The molecule has 2 aromatic rings. The monoisotopic (exact) mass is 363 g/mol. The van der Waals surface area contributed by atoms with Crippen LogP contribution in [0.25, 0.3) is 0 Å². The Morgan fingerprint density at radius 3 is 2.54 bits per heavy atom. The summed E-state index contributed by atoms with van der Waals surface area (Å²) < 4.78 is 28.6. The van der Waals surface area contributed by atoms with E-state index in [-0.39, 0.29) is 6.04 Å². The van der Waals surface area contributed by atoms with Gasteiger partial charge < -0.3 is 0 Å². The smallest absolute Gasteiger partial charge is 0.207 e. The summed E-state index contributed by atoms with van der Waals surface area (Å²) in [5.74, 6) is 0. The molecule has 1 aliphatic rings. The fraction of sp³-hybridized carbons (Fsp3) is 0.474. The second-order valence-corrected chi connectivity index (χ2v) is 9.88. The van der Waals surface area contributed by atoms with Gasteiger partial charge >= 0.3 is 0 Å². The molecule has 0 bridgehead atoms. The number of hydrogen-bond acceptors (Lipinski definition) is 3. The first-order valence-electron chi connectivity index (χ1n) is 8.55. The molecular formula is C19H25NO2S2. The number of rotatable bonds is 3. The van der Waals surface area contributed by atoms with Crippen LogP contribution in [0, 0.1) is 20.8 Å². The van der Waals surface area contributed by atoms with Crippen molar-refractivity contribution in [3.63, 3.8) is 0 Å². The van der Waals surface area contributed by atoms with E-state index >= 15 is 0 Å². The first-order valence-corrected chi connectivity index (χ1v) is 10.8. The molecule has 3 rings (SSSR count). The standard InChI is InChI=1S/C19H25NO2S2/c1-14-8-9-15(2)19(13-14)24(21,22)20-12-6-4-5-7-17(20)18-11-10-16(3)23-18/h8-11,13,17H,4-7,12H2,1-3H3. The average Bonchev–Trinajstić information content (AvgIpc) is 2.82. The van der Waals surface area contributed by atoms with Crippen LogP contribution in [0.2, 0.25) is 0 Å². The van der Waals surface area contributed by atoms with Gasteiger partial charge in [-0.25, -0.2) is 8.42 Å². The zero-order valence-electron chi connectivity index (χ0n) is 14.6. The minimum Gasteiger partial charge on any atom is -0.207 e. The predicted octanol–water partition coefficient (Wildman–Crippen LogP) is 4.98. The van der Waals surface area contributed by atoms with Crippen molar-refractivity contribution in [2.45, 2.75) is 57.4 Å². The molecule has 5 heteroatoms. The molecule has 0 aliphatic carbocycles. The third-order valence-electron chi connectivity index (χ3n) is 4.72. The molecule has 0 spiro atoms. The van der Waals surface area contributed by atoms with E-state index in [0.29, 0.717) is 11.4 Å². The van der Waals surface area contributed by atoms with E-state index in [2.05, 4.69) is 19.1 Å². The molecule has 1 aromatic heterocycles. The molecule has 2 heterocycles. The zero-order chi connectivity index (χ0) is 17.3. The van der Waals surface area contributed by atoms with Crippen molar-refractivity contribution in [1.82, 2.24) is 4.31 Å². The van der Waals surface area contributed by atoms with E-state index in [1.165, 1.54) is 9.75 Å². The minimum absolute atomic E-state index is 0.0314. The van der Waals surface area contributed by atoms with Crippen LogP contribution in [0.4, 0.5) is 0 Å². The van der Waals surface area contributed by atoms with Crippen molar-refractivity contribution in [2.75, 3.05) is 6.54 Å². The van der Waals surface area contributed by atoms with Crippen LogP contribution in [0.5, 0.6) is 0 Å². The van der Waals surface area contributed by atoms with E-state index < -0.39 is 10.0 Å². The van der Waals surface area contributed by atoms with Crippen LogP contribution in [-0.4, -0.2) is 19.3 Å². The molecule has 0 radical (unpaired) electrons. The van der Waals surface area contributed by atoms with Crippen molar-refractivity contribution in [3.05, 3.63) is 51.2 Å². The maximum atomic E-state index is 13.4. The van der Waals surface area contributed by atoms with E-state index in [9.17, 15) is 8.42 Å². The lowest BCUT2D eigenvalue weighted by molar-refractivity contribution is 0.333. The summed E-state index contributed by atoms with van der Waals surface area (Å²) >= 11 is 1.72. The van der Waals surface area contributed by atoms with Crippen LogP contribution in [0.15, 0.2) is 35.2 Å². The summed E-state index contributed by atoms with van der Waals surface area (Å²) in [7, 11) is -3.49. The fourth-order valence-electron chi connectivity index (χ4n) is 3.40. The highest BCUT2D eigenvalue weighted by atomic mass is 32.2. The van der Waals surface area contributed by atoms with E-state index in [0.717, 1.165) is 36.8 Å². The van der Waals surface area contributed by atoms with Crippen LogP contribution >= 0.6 is 11.3 Å². The van der Waals surface area contributed by atoms with Gasteiger partial charge in [-0.2, -0.15) is 4.31 Å². The number of nitrogens with zero attached hydrogens (tertiary/aromatic N) is 1. The van der Waals surface area contributed by atoms with Crippen LogP contribution < -0.4 is 0 Å². The normalized spacial score (nSPS) is 20.0.